The number of benzene rings is 1. The van der Waals surface area contributed by atoms with E-state index >= 15 is 0 Å². The third kappa shape index (κ3) is 8.10. The molecule has 0 bridgehead atoms. The summed E-state index contributed by atoms with van der Waals surface area (Å²) in [7, 11) is 0. The van der Waals surface area contributed by atoms with E-state index in [0.717, 1.165) is 43.0 Å². The number of carbonyl (C=O) groups is 1. The second kappa shape index (κ2) is 16.3. The van der Waals surface area contributed by atoms with E-state index in [4.69, 9.17) is 4.74 Å². The Morgan fingerprint density at radius 1 is 0.721 bits per heavy atom. The van der Waals surface area contributed by atoms with Crippen LogP contribution < -0.4 is 0 Å². The minimum atomic E-state index is 0.142. The normalized spacial score (nSPS) is 33.9. The van der Waals surface area contributed by atoms with E-state index in [1.54, 1.807) is 5.56 Å². The Morgan fingerprint density at radius 2 is 1.28 bits per heavy atom. The van der Waals surface area contributed by atoms with Gasteiger partial charge in [-0.1, -0.05) is 128 Å². The Hall–Kier alpha value is -1.31. The largest absolute Gasteiger partial charge is 0.465 e. The van der Waals surface area contributed by atoms with Crippen LogP contribution in [0.2, 0.25) is 0 Å². The summed E-state index contributed by atoms with van der Waals surface area (Å²) in [4.78, 5) is 11.3. The SMILES string of the molecule is CCCCC1CCC(C2(CC(c3ccccc3)C3(C4CCC(CCCC)CC4)CCCCC3)CCC(OC=O)CC2)CC1. The molecule has 4 aliphatic carbocycles. The quantitative estimate of drug-likeness (QED) is 0.201. The maximum absolute atomic E-state index is 11.3. The summed E-state index contributed by atoms with van der Waals surface area (Å²) >= 11 is 0. The van der Waals surface area contributed by atoms with Gasteiger partial charge in [0.1, 0.15) is 6.10 Å². The molecule has 4 saturated carbocycles. The van der Waals surface area contributed by atoms with E-state index in [-0.39, 0.29) is 6.10 Å². The van der Waals surface area contributed by atoms with E-state index in [1.807, 2.05) is 0 Å². The molecule has 4 aliphatic rings. The van der Waals surface area contributed by atoms with E-state index in [1.165, 1.54) is 141 Å². The Morgan fingerprint density at radius 3 is 1.81 bits per heavy atom. The molecule has 0 aromatic heterocycles. The van der Waals surface area contributed by atoms with Crippen molar-refractivity contribution in [3.63, 3.8) is 0 Å². The fraction of sp³-hybridized carbons (Fsp3) is 0.829. The summed E-state index contributed by atoms with van der Waals surface area (Å²) in [5.41, 5.74) is 2.53. The van der Waals surface area contributed by atoms with Gasteiger partial charge >= 0.3 is 0 Å². The number of unbranched alkanes of at least 4 members (excludes halogenated alkanes) is 2. The molecule has 5 rings (SSSR count). The molecule has 0 radical (unpaired) electrons. The van der Waals surface area contributed by atoms with Crippen molar-refractivity contribution in [1.82, 2.24) is 0 Å². The first kappa shape index (κ1) is 33.1. The van der Waals surface area contributed by atoms with Gasteiger partial charge < -0.3 is 4.74 Å². The molecule has 1 unspecified atom stereocenters. The lowest BCUT2D eigenvalue weighted by atomic mass is 9.49. The monoisotopic (exact) mass is 591 g/mol. The van der Waals surface area contributed by atoms with Crippen molar-refractivity contribution in [3.05, 3.63) is 35.9 Å². The fourth-order valence-electron chi connectivity index (χ4n) is 11.2. The first-order chi connectivity index (χ1) is 21.1. The molecular weight excluding hydrogens is 524 g/mol. The van der Waals surface area contributed by atoms with E-state index in [9.17, 15) is 4.79 Å². The maximum Gasteiger partial charge on any atom is 0.293 e. The van der Waals surface area contributed by atoms with Crippen LogP contribution in [0.25, 0.3) is 0 Å². The summed E-state index contributed by atoms with van der Waals surface area (Å²) in [5, 5.41) is 0. The van der Waals surface area contributed by atoms with Gasteiger partial charge in [-0.3, -0.25) is 4.79 Å². The molecule has 4 fully saturated rings. The van der Waals surface area contributed by atoms with Crippen LogP contribution in [0.5, 0.6) is 0 Å². The standard InChI is InChI=1S/C41H66O2/c1-3-5-13-33-17-21-36(22-18-33)40(29-25-38(26-30-40)43-32-42)31-39(35-15-9-7-10-16-35)41(27-11-8-12-28-41)37-23-19-34(20-24-37)14-6-4-2/h7,9-10,15-16,32-34,36-39H,3-6,8,11-14,17-31H2,1-2H3. The zero-order valence-electron chi connectivity index (χ0n) is 28.2. The first-order valence-corrected chi connectivity index (χ1v) is 19.3. The van der Waals surface area contributed by atoms with Crippen LogP contribution in [-0.4, -0.2) is 12.6 Å². The number of hydrogen-bond acceptors (Lipinski definition) is 2. The third-order valence-corrected chi connectivity index (χ3v) is 13.8. The predicted molar refractivity (Wildman–Crippen MR) is 181 cm³/mol. The average Bonchev–Trinajstić information content (AvgIpc) is 3.07. The molecule has 1 aromatic carbocycles. The van der Waals surface area contributed by atoms with E-state index in [2.05, 4.69) is 44.2 Å². The highest BCUT2D eigenvalue weighted by molar-refractivity contribution is 5.37. The minimum Gasteiger partial charge on any atom is -0.465 e. The molecule has 1 aromatic rings. The topological polar surface area (TPSA) is 26.3 Å². The van der Waals surface area contributed by atoms with Crippen LogP contribution in [0.4, 0.5) is 0 Å². The van der Waals surface area contributed by atoms with Crippen LogP contribution in [0.15, 0.2) is 30.3 Å². The lowest BCUT2D eigenvalue weighted by molar-refractivity contribution is -0.137. The lowest BCUT2D eigenvalue weighted by Gasteiger charge is -2.56. The summed E-state index contributed by atoms with van der Waals surface area (Å²) in [5.74, 6) is 4.36. The van der Waals surface area contributed by atoms with Gasteiger partial charge in [-0.05, 0) is 117 Å². The number of rotatable bonds is 14. The summed E-state index contributed by atoms with van der Waals surface area (Å²) in [6, 6.07) is 11.9. The highest BCUT2D eigenvalue weighted by Crippen LogP contribution is 2.63. The van der Waals surface area contributed by atoms with Crippen LogP contribution >= 0.6 is 0 Å². The lowest BCUT2D eigenvalue weighted by Crippen LogP contribution is -2.46. The molecule has 1 atom stereocenters. The van der Waals surface area contributed by atoms with Crippen molar-refractivity contribution in [1.29, 1.82) is 0 Å². The highest BCUT2D eigenvalue weighted by Gasteiger charge is 2.52. The number of ether oxygens (including phenoxy) is 1. The van der Waals surface area contributed by atoms with Gasteiger partial charge in [0.25, 0.3) is 6.47 Å². The molecule has 0 amide bonds. The Bertz CT molecular complexity index is 908. The van der Waals surface area contributed by atoms with Crippen LogP contribution in [0.1, 0.15) is 179 Å². The highest BCUT2D eigenvalue weighted by atomic mass is 16.5. The van der Waals surface area contributed by atoms with Gasteiger partial charge in [0.05, 0.1) is 0 Å². The molecule has 2 heteroatoms. The van der Waals surface area contributed by atoms with Gasteiger partial charge in [0.2, 0.25) is 0 Å². The first-order valence-electron chi connectivity index (χ1n) is 19.3. The molecule has 2 nitrogen and oxygen atoms in total. The van der Waals surface area contributed by atoms with Crippen molar-refractivity contribution in [3.8, 4) is 0 Å². The van der Waals surface area contributed by atoms with Crippen molar-refractivity contribution < 1.29 is 9.53 Å². The maximum atomic E-state index is 11.3. The van der Waals surface area contributed by atoms with Crippen LogP contribution in [-0.2, 0) is 9.53 Å². The third-order valence-electron chi connectivity index (χ3n) is 13.8. The molecule has 0 N–H and O–H groups in total. The summed E-state index contributed by atoms with van der Waals surface area (Å²) < 4.78 is 5.60. The fourth-order valence-corrected chi connectivity index (χ4v) is 11.2. The van der Waals surface area contributed by atoms with E-state index in [0.29, 0.717) is 16.7 Å². The number of hydrogen-bond donors (Lipinski definition) is 0. The van der Waals surface area contributed by atoms with Gasteiger partial charge in [0, 0.05) is 0 Å². The molecule has 0 saturated heterocycles. The zero-order chi connectivity index (χ0) is 30.0. The van der Waals surface area contributed by atoms with Gasteiger partial charge in [-0.15, -0.1) is 0 Å². The molecule has 0 heterocycles. The molecule has 0 spiro atoms. The average molecular weight is 591 g/mol. The van der Waals surface area contributed by atoms with Crippen LogP contribution in [0.3, 0.4) is 0 Å². The van der Waals surface area contributed by atoms with Crippen molar-refractivity contribution in [2.24, 2.45) is 34.5 Å². The predicted octanol–water partition coefficient (Wildman–Crippen LogP) is 12.2. The van der Waals surface area contributed by atoms with Crippen molar-refractivity contribution >= 4 is 6.47 Å². The Kier molecular flexibility index (Phi) is 12.5. The molecular formula is C41H66O2. The molecule has 242 valence electrons. The molecule has 43 heavy (non-hydrogen) atoms. The summed E-state index contributed by atoms with van der Waals surface area (Å²) in [6.45, 7) is 5.43. The number of carbonyl (C=O) groups excluding carboxylic acids is 1. The Labute approximate surface area is 265 Å². The smallest absolute Gasteiger partial charge is 0.293 e. The summed E-state index contributed by atoms with van der Waals surface area (Å²) in [6.07, 6.45) is 33.5. The van der Waals surface area contributed by atoms with Gasteiger partial charge in [-0.25, -0.2) is 0 Å². The van der Waals surface area contributed by atoms with Crippen LogP contribution in [0, 0.1) is 34.5 Å². The zero-order valence-corrected chi connectivity index (χ0v) is 28.2. The van der Waals surface area contributed by atoms with E-state index < -0.39 is 0 Å². The second-order valence-corrected chi connectivity index (χ2v) is 16.0. The second-order valence-electron chi connectivity index (χ2n) is 16.0. The van der Waals surface area contributed by atoms with Crippen molar-refractivity contribution in [2.45, 2.75) is 180 Å². The van der Waals surface area contributed by atoms with Gasteiger partial charge in [-0.2, -0.15) is 0 Å². The molecule has 0 aliphatic heterocycles. The van der Waals surface area contributed by atoms with Gasteiger partial charge in [0.15, 0.2) is 0 Å². The van der Waals surface area contributed by atoms with Crippen molar-refractivity contribution in [2.75, 3.05) is 0 Å². The minimum absolute atomic E-state index is 0.142. The Balaban J connectivity index is 1.44.